The summed E-state index contributed by atoms with van der Waals surface area (Å²) >= 11 is 0. The minimum absolute atomic E-state index is 0.105. The van der Waals surface area contributed by atoms with E-state index in [9.17, 15) is 22.8 Å². The van der Waals surface area contributed by atoms with Crippen molar-refractivity contribution in [3.63, 3.8) is 0 Å². The quantitative estimate of drug-likeness (QED) is 0.548. The van der Waals surface area contributed by atoms with E-state index in [-0.39, 0.29) is 23.7 Å². The SMILES string of the molecule is CO[C@@H](c1cc(C(=O)Nc2cc([C@H]3C[C@@H](OC(=O)NC4(C)CC4)CO3)[nH]n2)n(C)n1)C(F)(F)F. The highest BCUT2D eigenvalue weighted by atomic mass is 19.4. The van der Waals surface area contributed by atoms with Crippen molar-refractivity contribution in [1.29, 1.82) is 0 Å². The van der Waals surface area contributed by atoms with Gasteiger partial charge in [0.25, 0.3) is 5.91 Å². The van der Waals surface area contributed by atoms with Crippen LogP contribution in [0.1, 0.15) is 60.3 Å². The van der Waals surface area contributed by atoms with Gasteiger partial charge in [-0.3, -0.25) is 14.6 Å². The summed E-state index contributed by atoms with van der Waals surface area (Å²) in [5.74, 6) is -0.552. The van der Waals surface area contributed by atoms with Crippen molar-refractivity contribution in [1.82, 2.24) is 25.3 Å². The number of halogens is 3. The molecule has 2 aromatic rings. The molecular formula is C20H25F3N6O5. The van der Waals surface area contributed by atoms with Crippen LogP contribution in [0.5, 0.6) is 0 Å². The van der Waals surface area contributed by atoms with E-state index in [0.29, 0.717) is 12.1 Å². The first-order valence-electron chi connectivity index (χ1n) is 10.6. The van der Waals surface area contributed by atoms with E-state index in [1.165, 1.54) is 7.05 Å². The number of alkyl carbamates (subject to hydrolysis) is 1. The molecule has 0 spiro atoms. The van der Waals surface area contributed by atoms with Crippen molar-refractivity contribution in [2.45, 2.75) is 56.2 Å². The monoisotopic (exact) mass is 486 g/mol. The van der Waals surface area contributed by atoms with Gasteiger partial charge in [0, 0.05) is 32.2 Å². The van der Waals surface area contributed by atoms with Crippen LogP contribution >= 0.6 is 0 Å². The molecule has 2 aromatic heterocycles. The molecule has 186 valence electrons. The lowest BCUT2D eigenvalue weighted by Crippen LogP contribution is -2.37. The lowest BCUT2D eigenvalue weighted by molar-refractivity contribution is -0.217. The number of methoxy groups -OCH3 is 1. The Morgan fingerprint density at radius 3 is 2.74 bits per heavy atom. The molecule has 3 N–H and O–H groups in total. The summed E-state index contributed by atoms with van der Waals surface area (Å²) in [5, 5.41) is 15.8. The summed E-state index contributed by atoms with van der Waals surface area (Å²) < 4.78 is 55.8. The van der Waals surface area contributed by atoms with Gasteiger partial charge in [-0.05, 0) is 25.8 Å². The Balaban J connectivity index is 1.34. The first-order valence-corrected chi connectivity index (χ1v) is 10.6. The van der Waals surface area contributed by atoms with E-state index in [1.54, 1.807) is 6.07 Å². The Hall–Kier alpha value is -3.13. The van der Waals surface area contributed by atoms with Gasteiger partial charge in [0.15, 0.2) is 11.9 Å². The van der Waals surface area contributed by atoms with Gasteiger partial charge in [-0.25, -0.2) is 4.79 Å². The first kappa shape index (κ1) is 24.0. The fourth-order valence-electron chi connectivity index (χ4n) is 3.64. The van der Waals surface area contributed by atoms with Crippen molar-refractivity contribution in [2.24, 2.45) is 7.05 Å². The number of hydrogen-bond acceptors (Lipinski definition) is 7. The highest BCUT2D eigenvalue weighted by molar-refractivity contribution is 6.02. The zero-order valence-corrected chi connectivity index (χ0v) is 18.7. The number of anilines is 1. The molecule has 3 heterocycles. The summed E-state index contributed by atoms with van der Waals surface area (Å²) in [7, 11) is 2.27. The average Bonchev–Trinajstić information content (AvgIpc) is 3.12. The minimum atomic E-state index is -4.67. The van der Waals surface area contributed by atoms with Gasteiger partial charge < -0.3 is 24.8 Å². The molecule has 11 nitrogen and oxygen atoms in total. The van der Waals surface area contributed by atoms with Crippen molar-refractivity contribution in [3.05, 3.63) is 29.2 Å². The van der Waals surface area contributed by atoms with Crippen LogP contribution in [-0.2, 0) is 21.3 Å². The molecular weight excluding hydrogens is 461 g/mol. The van der Waals surface area contributed by atoms with Gasteiger partial charge in [-0.15, -0.1) is 0 Å². The van der Waals surface area contributed by atoms with Gasteiger partial charge in [0.1, 0.15) is 23.6 Å². The van der Waals surface area contributed by atoms with Crippen molar-refractivity contribution >= 4 is 17.8 Å². The Labute approximate surface area is 192 Å². The van der Waals surface area contributed by atoms with Crippen LogP contribution in [0.15, 0.2) is 12.1 Å². The Bertz CT molecular complexity index is 1060. The van der Waals surface area contributed by atoms with E-state index in [2.05, 4.69) is 30.7 Å². The number of carbonyl (C=O) groups is 2. The zero-order chi connectivity index (χ0) is 24.7. The third-order valence-electron chi connectivity index (χ3n) is 5.76. The number of alkyl halides is 3. The highest BCUT2D eigenvalue weighted by Crippen LogP contribution is 2.36. The van der Waals surface area contributed by atoms with Crippen LogP contribution in [0.3, 0.4) is 0 Å². The summed E-state index contributed by atoms with van der Waals surface area (Å²) in [5.41, 5.74) is -0.168. The second kappa shape index (κ2) is 8.91. The minimum Gasteiger partial charge on any atom is -0.444 e. The summed E-state index contributed by atoms with van der Waals surface area (Å²) in [4.78, 5) is 24.6. The molecule has 3 atom stereocenters. The van der Waals surface area contributed by atoms with E-state index in [4.69, 9.17) is 9.47 Å². The molecule has 2 aliphatic rings. The molecule has 34 heavy (non-hydrogen) atoms. The maximum Gasteiger partial charge on any atom is 0.420 e. The smallest absolute Gasteiger partial charge is 0.420 e. The van der Waals surface area contributed by atoms with Gasteiger partial charge >= 0.3 is 12.3 Å². The van der Waals surface area contributed by atoms with Crippen LogP contribution < -0.4 is 10.6 Å². The number of carbonyl (C=O) groups excluding carboxylic acids is 2. The van der Waals surface area contributed by atoms with Crippen LogP contribution in [0, 0.1) is 0 Å². The molecule has 1 aliphatic heterocycles. The number of aromatic amines is 1. The molecule has 0 radical (unpaired) electrons. The number of aromatic nitrogens is 4. The lowest BCUT2D eigenvalue weighted by Gasteiger charge is -2.15. The lowest BCUT2D eigenvalue weighted by atomic mass is 10.1. The molecule has 0 aromatic carbocycles. The third-order valence-corrected chi connectivity index (χ3v) is 5.76. The molecule has 1 saturated carbocycles. The highest BCUT2D eigenvalue weighted by Gasteiger charge is 2.43. The van der Waals surface area contributed by atoms with Crippen LogP contribution in [0.25, 0.3) is 0 Å². The summed E-state index contributed by atoms with van der Waals surface area (Å²) in [6.07, 6.45) is -6.01. The molecule has 2 fully saturated rings. The fourth-order valence-corrected chi connectivity index (χ4v) is 3.64. The van der Waals surface area contributed by atoms with Crippen molar-refractivity contribution < 1.29 is 37.0 Å². The number of rotatable bonds is 7. The number of ether oxygens (including phenoxy) is 3. The van der Waals surface area contributed by atoms with Gasteiger partial charge in [0.2, 0.25) is 0 Å². The Morgan fingerprint density at radius 1 is 1.35 bits per heavy atom. The normalized spacial score (nSPS) is 22.3. The fraction of sp³-hybridized carbons (Fsp3) is 0.600. The summed E-state index contributed by atoms with van der Waals surface area (Å²) in [6.45, 7) is 2.16. The predicted molar refractivity (Wildman–Crippen MR) is 110 cm³/mol. The van der Waals surface area contributed by atoms with Gasteiger partial charge in [-0.1, -0.05) is 0 Å². The molecule has 4 rings (SSSR count). The van der Waals surface area contributed by atoms with Crippen molar-refractivity contribution in [3.8, 4) is 0 Å². The zero-order valence-electron chi connectivity index (χ0n) is 18.7. The Morgan fingerprint density at radius 2 is 2.09 bits per heavy atom. The van der Waals surface area contributed by atoms with E-state index in [1.807, 2.05) is 6.92 Å². The second-order valence-electron chi connectivity index (χ2n) is 8.67. The van der Waals surface area contributed by atoms with E-state index < -0.39 is 42.2 Å². The number of nitrogens with zero attached hydrogens (tertiary/aromatic N) is 3. The van der Waals surface area contributed by atoms with Crippen molar-refractivity contribution in [2.75, 3.05) is 19.0 Å². The topological polar surface area (TPSA) is 132 Å². The molecule has 1 aliphatic carbocycles. The molecule has 0 unspecified atom stereocenters. The predicted octanol–water partition coefficient (Wildman–Crippen LogP) is 2.75. The molecule has 0 bridgehead atoms. The van der Waals surface area contributed by atoms with Crippen LogP contribution in [-0.4, -0.2) is 63.5 Å². The largest absolute Gasteiger partial charge is 0.444 e. The molecule has 2 amide bonds. The second-order valence-corrected chi connectivity index (χ2v) is 8.67. The average molecular weight is 486 g/mol. The van der Waals surface area contributed by atoms with Crippen LogP contribution in [0.4, 0.5) is 23.8 Å². The third kappa shape index (κ3) is 5.33. The number of aryl methyl sites for hydroxylation is 1. The number of hydrogen-bond donors (Lipinski definition) is 3. The first-order chi connectivity index (χ1) is 16.0. The summed E-state index contributed by atoms with van der Waals surface area (Å²) in [6, 6.07) is 2.56. The standard InChI is InChI=1S/C20H25F3N6O5/c1-19(4-5-19)25-18(31)34-10-6-14(33-9-10)11-8-15(27-26-11)24-17(30)13-7-12(28-29(13)2)16(32-3)20(21,22)23/h7-8,10,14,16H,4-6,9H2,1-3H3,(H,25,31)(H2,24,26,27,30)/t10-,14-,16+/m1/s1. The van der Waals surface area contributed by atoms with Gasteiger partial charge in [-0.2, -0.15) is 23.4 Å². The maximum absolute atomic E-state index is 13.1. The number of amides is 2. The Kier molecular flexibility index (Phi) is 6.29. The molecule has 1 saturated heterocycles. The van der Waals surface area contributed by atoms with Gasteiger partial charge in [0.05, 0.1) is 12.3 Å². The van der Waals surface area contributed by atoms with Crippen LogP contribution in [0.2, 0.25) is 0 Å². The van der Waals surface area contributed by atoms with E-state index >= 15 is 0 Å². The number of nitrogens with one attached hydrogen (secondary N) is 3. The number of H-pyrrole nitrogens is 1. The van der Waals surface area contributed by atoms with E-state index in [0.717, 1.165) is 30.7 Å². The maximum atomic E-state index is 13.1. The molecule has 14 heteroatoms.